The Morgan fingerprint density at radius 1 is 1.79 bits per heavy atom. The van der Waals surface area contributed by atoms with Crippen molar-refractivity contribution in [2.75, 3.05) is 11.9 Å². The lowest BCUT2D eigenvalue weighted by atomic mass is 10.1. The molecular weight excluding hydrogens is 202 g/mol. The van der Waals surface area contributed by atoms with Gasteiger partial charge in [-0.2, -0.15) is 0 Å². The van der Waals surface area contributed by atoms with Crippen LogP contribution in [0.25, 0.3) is 0 Å². The van der Waals surface area contributed by atoms with Gasteiger partial charge < -0.3 is 11.1 Å². The highest BCUT2D eigenvalue weighted by Gasteiger charge is 2.12. The number of nitrogens with two attached hydrogens (primary N) is 1. The van der Waals surface area contributed by atoms with Crippen molar-refractivity contribution in [3.05, 3.63) is 23.5 Å². The van der Waals surface area contributed by atoms with E-state index in [2.05, 4.69) is 10.3 Å². The van der Waals surface area contributed by atoms with Crippen LogP contribution < -0.4 is 11.1 Å². The number of pyridine rings is 1. The number of carbonyl (C=O) groups excluding carboxylic acids is 1. The molecule has 0 spiro atoms. The van der Waals surface area contributed by atoms with E-state index < -0.39 is 0 Å². The van der Waals surface area contributed by atoms with Crippen molar-refractivity contribution >= 4 is 23.2 Å². The Bertz CT molecular complexity index is 330. The third kappa shape index (κ3) is 2.68. The lowest BCUT2D eigenvalue weighted by Gasteiger charge is -2.10. The Hall–Kier alpha value is -1.13. The minimum Gasteiger partial charge on any atom is -0.330 e. The van der Waals surface area contributed by atoms with Gasteiger partial charge in [0.25, 0.3) is 0 Å². The van der Waals surface area contributed by atoms with E-state index >= 15 is 0 Å². The van der Waals surface area contributed by atoms with Gasteiger partial charge in [0.15, 0.2) is 5.15 Å². The van der Waals surface area contributed by atoms with Gasteiger partial charge in [-0.25, -0.2) is 4.98 Å². The van der Waals surface area contributed by atoms with E-state index in [1.54, 1.807) is 25.3 Å². The summed E-state index contributed by atoms with van der Waals surface area (Å²) < 4.78 is 0. The molecular formula is C9H12ClN3O. The van der Waals surface area contributed by atoms with Gasteiger partial charge in [0.05, 0.1) is 5.69 Å². The highest BCUT2D eigenvalue weighted by Crippen LogP contribution is 2.17. The zero-order valence-corrected chi connectivity index (χ0v) is 8.58. The highest BCUT2D eigenvalue weighted by atomic mass is 35.5. The molecule has 1 heterocycles. The van der Waals surface area contributed by atoms with Crippen LogP contribution in [0.5, 0.6) is 0 Å². The first-order chi connectivity index (χ1) is 6.65. The fourth-order valence-corrected chi connectivity index (χ4v) is 1.01. The van der Waals surface area contributed by atoms with Gasteiger partial charge in [-0.15, -0.1) is 0 Å². The fourth-order valence-electron chi connectivity index (χ4n) is 0.842. The maximum absolute atomic E-state index is 11.4. The van der Waals surface area contributed by atoms with E-state index in [-0.39, 0.29) is 17.0 Å². The third-order valence-electron chi connectivity index (χ3n) is 1.82. The maximum Gasteiger partial charge on any atom is 0.228 e. The quantitative estimate of drug-likeness (QED) is 0.743. The second-order valence-electron chi connectivity index (χ2n) is 2.97. The summed E-state index contributed by atoms with van der Waals surface area (Å²) in [7, 11) is 0. The van der Waals surface area contributed by atoms with Crippen molar-refractivity contribution in [1.82, 2.24) is 4.98 Å². The molecule has 1 amide bonds. The molecule has 5 heteroatoms. The number of nitrogens with one attached hydrogen (secondary N) is 1. The van der Waals surface area contributed by atoms with Crippen LogP contribution in [-0.4, -0.2) is 17.4 Å². The van der Waals surface area contributed by atoms with Crippen molar-refractivity contribution in [3.8, 4) is 0 Å². The van der Waals surface area contributed by atoms with Gasteiger partial charge in [-0.1, -0.05) is 18.5 Å². The first kappa shape index (κ1) is 10.9. The summed E-state index contributed by atoms with van der Waals surface area (Å²) in [6, 6.07) is 3.39. The predicted octanol–water partition coefficient (Wildman–Crippen LogP) is 1.27. The van der Waals surface area contributed by atoms with Crippen molar-refractivity contribution in [3.63, 3.8) is 0 Å². The van der Waals surface area contributed by atoms with E-state index in [1.807, 2.05) is 0 Å². The minimum absolute atomic E-state index is 0.151. The Labute approximate surface area is 87.5 Å². The number of carbonyl (C=O) groups is 1. The molecule has 1 aromatic heterocycles. The predicted molar refractivity (Wildman–Crippen MR) is 56.1 cm³/mol. The van der Waals surface area contributed by atoms with Gasteiger partial charge in [0.1, 0.15) is 0 Å². The standard InChI is InChI=1S/C9H12ClN3O/c1-6(5-11)9(14)13-7-3-2-4-12-8(7)10/h2-4,6H,5,11H2,1H3,(H,13,14). The molecule has 1 aromatic rings. The van der Waals surface area contributed by atoms with E-state index in [4.69, 9.17) is 17.3 Å². The second-order valence-corrected chi connectivity index (χ2v) is 3.33. The molecule has 4 nitrogen and oxygen atoms in total. The maximum atomic E-state index is 11.4. The van der Waals surface area contributed by atoms with Crippen molar-refractivity contribution < 1.29 is 4.79 Å². The number of halogens is 1. The van der Waals surface area contributed by atoms with E-state index in [1.165, 1.54) is 0 Å². The summed E-state index contributed by atoms with van der Waals surface area (Å²) in [5.41, 5.74) is 5.87. The molecule has 0 saturated heterocycles. The molecule has 0 aliphatic carbocycles. The number of aromatic nitrogens is 1. The number of amides is 1. The van der Waals surface area contributed by atoms with Gasteiger partial charge in [0, 0.05) is 18.7 Å². The van der Waals surface area contributed by atoms with Crippen molar-refractivity contribution in [2.45, 2.75) is 6.92 Å². The van der Waals surface area contributed by atoms with E-state index in [0.717, 1.165) is 0 Å². The number of anilines is 1. The molecule has 0 fully saturated rings. The summed E-state index contributed by atoms with van der Waals surface area (Å²) >= 11 is 5.76. The van der Waals surface area contributed by atoms with Gasteiger partial charge in [-0.05, 0) is 12.1 Å². The van der Waals surface area contributed by atoms with Crippen LogP contribution in [0.3, 0.4) is 0 Å². The van der Waals surface area contributed by atoms with Crippen LogP contribution in [0, 0.1) is 5.92 Å². The number of nitrogens with zero attached hydrogens (tertiary/aromatic N) is 1. The molecule has 0 radical (unpaired) electrons. The summed E-state index contributed by atoms with van der Waals surface area (Å²) in [5.74, 6) is -0.381. The second kappa shape index (κ2) is 4.93. The molecule has 1 atom stereocenters. The fraction of sp³-hybridized carbons (Fsp3) is 0.333. The molecule has 0 aromatic carbocycles. The monoisotopic (exact) mass is 213 g/mol. The smallest absolute Gasteiger partial charge is 0.228 e. The topological polar surface area (TPSA) is 68.0 Å². The average molecular weight is 214 g/mol. The third-order valence-corrected chi connectivity index (χ3v) is 2.12. The zero-order valence-electron chi connectivity index (χ0n) is 7.83. The lowest BCUT2D eigenvalue weighted by molar-refractivity contribution is -0.119. The van der Waals surface area contributed by atoms with Gasteiger partial charge in [-0.3, -0.25) is 4.79 Å². The van der Waals surface area contributed by atoms with E-state index in [0.29, 0.717) is 12.2 Å². The Morgan fingerprint density at radius 3 is 3.07 bits per heavy atom. The summed E-state index contributed by atoms with van der Waals surface area (Å²) in [6.07, 6.45) is 1.56. The molecule has 0 aliphatic rings. The SMILES string of the molecule is CC(CN)C(=O)Nc1cccnc1Cl. The number of rotatable bonds is 3. The molecule has 1 rings (SSSR count). The summed E-state index contributed by atoms with van der Waals surface area (Å²) in [5, 5.41) is 2.93. The number of hydrogen-bond donors (Lipinski definition) is 2. The molecule has 0 saturated carbocycles. The first-order valence-electron chi connectivity index (χ1n) is 4.26. The summed E-state index contributed by atoms with van der Waals surface area (Å²) in [6.45, 7) is 2.06. The van der Waals surface area contributed by atoms with Crippen molar-refractivity contribution in [1.29, 1.82) is 0 Å². The Balaban J connectivity index is 2.70. The van der Waals surface area contributed by atoms with Crippen LogP contribution in [0.15, 0.2) is 18.3 Å². The number of hydrogen-bond acceptors (Lipinski definition) is 3. The van der Waals surface area contributed by atoms with Crippen molar-refractivity contribution in [2.24, 2.45) is 11.7 Å². The van der Waals surface area contributed by atoms with Crippen LogP contribution >= 0.6 is 11.6 Å². The molecule has 3 N–H and O–H groups in total. The van der Waals surface area contributed by atoms with Crippen LogP contribution in [0.2, 0.25) is 5.15 Å². The Kier molecular flexibility index (Phi) is 3.85. The zero-order chi connectivity index (χ0) is 10.6. The molecule has 0 aliphatic heterocycles. The van der Waals surface area contributed by atoms with E-state index in [9.17, 15) is 4.79 Å². The largest absolute Gasteiger partial charge is 0.330 e. The summed E-state index contributed by atoms with van der Waals surface area (Å²) in [4.78, 5) is 15.3. The molecule has 14 heavy (non-hydrogen) atoms. The minimum atomic E-state index is -0.230. The van der Waals surface area contributed by atoms with Gasteiger partial charge in [0.2, 0.25) is 5.91 Å². The van der Waals surface area contributed by atoms with Crippen LogP contribution in [-0.2, 0) is 4.79 Å². The first-order valence-corrected chi connectivity index (χ1v) is 4.64. The highest BCUT2D eigenvalue weighted by molar-refractivity contribution is 6.32. The van der Waals surface area contributed by atoms with Gasteiger partial charge >= 0.3 is 0 Å². The molecule has 76 valence electrons. The Morgan fingerprint density at radius 2 is 2.50 bits per heavy atom. The molecule has 1 unspecified atom stereocenters. The lowest BCUT2D eigenvalue weighted by Crippen LogP contribution is -2.26. The average Bonchev–Trinajstić information content (AvgIpc) is 2.20. The van der Waals surface area contributed by atoms with Crippen LogP contribution in [0.4, 0.5) is 5.69 Å². The normalized spacial score (nSPS) is 12.2. The van der Waals surface area contributed by atoms with Crippen LogP contribution in [0.1, 0.15) is 6.92 Å². The molecule has 0 bridgehead atoms.